The molecule has 0 heterocycles. The molecule has 21 heavy (non-hydrogen) atoms. The highest BCUT2D eigenvalue weighted by molar-refractivity contribution is 9.10. The quantitative estimate of drug-likeness (QED) is 0.683. The molecule has 0 saturated carbocycles. The van der Waals surface area contributed by atoms with Gasteiger partial charge in [-0.1, -0.05) is 15.9 Å². The van der Waals surface area contributed by atoms with Gasteiger partial charge in [-0.3, -0.25) is 9.59 Å². The Labute approximate surface area is 136 Å². The summed E-state index contributed by atoms with van der Waals surface area (Å²) in [7, 11) is 0. The Balaban J connectivity index is 2.58. The van der Waals surface area contributed by atoms with Gasteiger partial charge in [0.05, 0.1) is 17.4 Å². The van der Waals surface area contributed by atoms with Gasteiger partial charge in [-0.2, -0.15) is 0 Å². The van der Waals surface area contributed by atoms with Gasteiger partial charge >= 0.3 is 5.97 Å². The first-order valence-electron chi connectivity index (χ1n) is 6.44. The molecule has 7 heteroatoms. The van der Waals surface area contributed by atoms with Crippen LogP contribution >= 0.6 is 27.7 Å². The van der Waals surface area contributed by atoms with E-state index in [-0.39, 0.29) is 17.8 Å². The normalized spacial score (nSPS) is 10.5. The third-order valence-corrected chi connectivity index (χ3v) is 3.75. The van der Waals surface area contributed by atoms with E-state index in [1.54, 1.807) is 18.2 Å². The molecule has 0 saturated heterocycles. The Bertz CT molecular complexity index is 508. The zero-order valence-corrected chi connectivity index (χ0v) is 14.3. The van der Waals surface area contributed by atoms with Crippen LogP contribution in [0.15, 0.2) is 22.7 Å². The zero-order valence-electron chi connectivity index (χ0n) is 11.9. The molecule has 0 fully saturated rings. The van der Waals surface area contributed by atoms with Gasteiger partial charge in [-0.25, -0.2) is 0 Å². The Morgan fingerprint density at radius 3 is 2.76 bits per heavy atom. The van der Waals surface area contributed by atoms with Crippen molar-refractivity contribution in [3.05, 3.63) is 28.2 Å². The predicted octanol–water partition coefficient (Wildman–Crippen LogP) is 2.78. The van der Waals surface area contributed by atoms with Crippen LogP contribution in [0.5, 0.6) is 5.75 Å². The van der Waals surface area contributed by atoms with Crippen molar-refractivity contribution in [2.45, 2.75) is 20.0 Å². The van der Waals surface area contributed by atoms with Gasteiger partial charge in [0.2, 0.25) is 0 Å². The minimum Gasteiger partial charge on any atom is -0.490 e. The van der Waals surface area contributed by atoms with Crippen molar-refractivity contribution in [1.29, 1.82) is 0 Å². The molecule has 0 aliphatic carbocycles. The Morgan fingerprint density at radius 2 is 2.14 bits per heavy atom. The van der Waals surface area contributed by atoms with Crippen molar-refractivity contribution in [2.75, 3.05) is 18.1 Å². The van der Waals surface area contributed by atoms with Gasteiger partial charge in [0.1, 0.15) is 5.75 Å². The van der Waals surface area contributed by atoms with Crippen molar-refractivity contribution in [2.24, 2.45) is 0 Å². The molecule has 0 bridgehead atoms. The highest BCUT2D eigenvalue weighted by Crippen LogP contribution is 2.24. The van der Waals surface area contributed by atoms with Gasteiger partial charge in [-0.05, 0) is 32.0 Å². The number of carboxylic acids is 1. The fourth-order valence-electron chi connectivity index (χ4n) is 1.53. The van der Waals surface area contributed by atoms with Crippen LogP contribution < -0.4 is 10.1 Å². The van der Waals surface area contributed by atoms with Crippen LogP contribution in [-0.4, -0.2) is 41.1 Å². The molecular weight excluding hydrogens is 358 g/mol. The van der Waals surface area contributed by atoms with Crippen LogP contribution in [0.25, 0.3) is 0 Å². The molecule has 0 unspecified atom stereocenters. The molecule has 1 aromatic rings. The summed E-state index contributed by atoms with van der Waals surface area (Å²) < 4.78 is 6.47. The van der Waals surface area contributed by atoms with Crippen molar-refractivity contribution >= 4 is 39.6 Å². The summed E-state index contributed by atoms with van der Waals surface area (Å²) in [5.74, 6) is 0.0288. The van der Waals surface area contributed by atoms with Crippen LogP contribution in [0.1, 0.15) is 24.2 Å². The maximum atomic E-state index is 12.1. The van der Waals surface area contributed by atoms with Gasteiger partial charge in [0.15, 0.2) is 0 Å². The average molecular weight is 376 g/mol. The molecule has 1 amide bonds. The number of thioether (sulfide) groups is 1. The molecule has 2 N–H and O–H groups in total. The van der Waals surface area contributed by atoms with Gasteiger partial charge in [0, 0.05) is 16.8 Å². The molecule has 5 nitrogen and oxygen atoms in total. The molecule has 0 aromatic heterocycles. The number of carbonyl (C=O) groups is 2. The maximum absolute atomic E-state index is 12.1. The lowest BCUT2D eigenvalue weighted by molar-refractivity contribution is -0.133. The second-order valence-corrected chi connectivity index (χ2v) is 6.53. The van der Waals surface area contributed by atoms with Gasteiger partial charge < -0.3 is 15.2 Å². The molecular formula is C14H18BrNO4S. The van der Waals surface area contributed by atoms with Crippen molar-refractivity contribution in [1.82, 2.24) is 5.32 Å². The second-order valence-electron chi connectivity index (χ2n) is 4.51. The highest BCUT2D eigenvalue weighted by Gasteiger charge is 2.13. The summed E-state index contributed by atoms with van der Waals surface area (Å²) in [6.45, 7) is 4.20. The zero-order chi connectivity index (χ0) is 15.8. The summed E-state index contributed by atoms with van der Waals surface area (Å²) in [5.41, 5.74) is 0.468. The van der Waals surface area contributed by atoms with E-state index >= 15 is 0 Å². The summed E-state index contributed by atoms with van der Waals surface area (Å²) in [4.78, 5) is 22.5. The van der Waals surface area contributed by atoms with E-state index in [9.17, 15) is 9.59 Å². The number of aliphatic carboxylic acids is 1. The van der Waals surface area contributed by atoms with Crippen molar-refractivity contribution < 1.29 is 19.4 Å². The fraction of sp³-hybridized carbons (Fsp3) is 0.429. The molecule has 116 valence electrons. The largest absolute Gasteiger partial charge is 0.490 e. The maximum Gasteiger partial charge on any atom is 0.313 e. The summed E-state index contributed by atoms with van der Waals surface area (Å²) >= 11 is 4.61. The molecule has 0 atom stereocenters. The van der Waals surface area contributed by atoms with E-state index in [4.69, 9.17) is 9.84 Å². The van der Waals surface area contributed by atoms with E-state index in [0.29, 0.717) is 23.6 Å². The van der Waals surface area contributed by atoms with Crippen LogP contribution in [0.4, 0.5) is 0 Å². The third-order valence-electron chi connectivity index (χ3n) is 2.31. The van der Waals surface area contributed by atoms with E-state index in [1.165, 1.54) is 11.8 Å². The smallest absolute Gasteiger partial charge is 0.313 e. The summed E-state index contributed by atoms with van der Waals surface area (Å²) in [5, 5.41) is 11.3. The first-order valence-corrected chi connectivity index (χ1v) is 8.39. The monoisotopic (exact) mass is 375 g/mol. The SMILES string of the molecule is CC(C)Oc1cc(Br)ccc1C(=O)NCCSCC(=O)O. The van der Waals surface area contributed by atoms with Gasteiger partial charge in [0.25, 0.3) is 5.91 Å². The fourth-order valence-corrected chi connectivity index (χ4v) is 2.43. The minimum absolute atomic E-state index is 0.0306. The Kier molecular flexibility index (Phi) is 7.60. The molecule has 0 aliphatic rings. The number of halogens is 1. The van der Waals surface area contributed by atoms with E-state index in [0.717, 1.165) is 4.47 Å². The van der Waals surface area contributed by atoms with E-state index in [2.05, 4.69) is 21.2 Å². The third kappa shape index (κ3) is 6.86. The molecule has 0 radical (unpaired) electrons. The Hall–Kier alpha value is -1.21. The average Bonchev–Trinajstić information content (AvgIpc) is 2.37. The number of hydrogen-bond acceptors (Lipinski definition) is 4. The lowest BCUT2D eigenvalue weighted by atomic mass is 10.2. The van der Waals surface area contributed by atoms with Gasteiger partial charge in [-0.15, -0.1) is 11.8 Å². The topological polar surface area (TPSA) is 75.6 Å². The van der Waals surface area contributed by atoms with Crippen molar-refractivity contribution in [3.8, 4) is 5.75 Å². The van der Waals surface area contributed by atoms with Crippen molar-refractivity contribution in [3.63, 3.8) is 0 Å². The summed E-state index contributed by atoms with van der Waals surface area (Å²) in [6.07, 6.45) is -0.0306. The molecule has 0 aliphatic heterocycles. The summed E-state index contributed by atoms with van der Waals surface area (Å²) in [6, 6.07) is 5.23. The lowest BCUT2D eigenvalue weighted by Gasteiger charge is -2.14. The first-order chi connectivity index (χ1) is 9.90. The number of nitrogens with one attached hydrogen (secondary N) is 1. The number of rotatable bonds is 8. The minimum atomic E-state index is -0.855. The number of hydrogen-bond donors (Lipinski definition) is 2. The molecule has 0 spiro atoms. The first kappa shape index (κ1) is 17.8. The predicted molar refractivity (Wildman–Crippen MR) is 87.2 cm³/mol. The highest BCUT2D eigenvalue weighted by atomic mass is 79.9. The van der Waals surface area contributed by atoms with E-state index < -0.39 is 5.97 Å². The van der Waals surface area contributed by atoms with E-state index in [1.807, 2.05) is 13.8 Å². The van der Waals surface area contributed by atoms with Crippen LogP contribution in [0.3, 0.4) is 0 Å². The van der Waals surface area contributed by atoms with Crippen LogP contribution in [0.2, 0.25) is 0 Å². The number of carboxylic acid groups (broad SMARTS) is 1. The number of ether oxygens (including phenoxy) is 1. The number of benzene rings is 1. The molecule has 1 aromatic carbocycles. The standard InChI is InChI=1S/C14H18BrNO4S/c1-9(2)20-12-7-10(15)3-4-11(12)14(19)16-5-6-21-8-13(17)18/h3-4,7,9H,5-6,8H2,1-2H3,(H,16,19)(H,17,18). The van der Waals surface area contributed by atoms with Crippen LogP contribution in [0, 0.1) is 0 Å². The molecule has 1 rings (SSSR count). The van der Waals surface area contributed by atoms with Crippen LogP contribution in [-0.2, 0) is 4.79 Å². The number of carbonyl (C=O) groups excluding carboxylic acids is 1. The lowest BCUT2D eigenvalue weighted by Crippen LogP contribution is -2.27. The number of amides is 1. The second kappa shape index (κ2) is 8.94. The Morgan fingerprint density at radius 1 is 1.43 bits per heavy atom.